The second kappa shape index (κ2) is 7.09. The van der Waals surface area contributed by atoms with E-state index in [-0.39, 0.29) is 14.9 Å². The molecule has 0 heterocycles. The number of anilines is 1. The van der Waals surface area contributed by atoms with E-state index in [0.717, 1.165) is 9.87 Å². The van der Waals surface area contributed by atoms with E-state index < -0.39 is 10.0 Å². The molecule has 0 aliphatic rings. The first-order chi connectivity index (χ1) is 11.2. The van der Waals surface area contributed by atoms with Gasteiger partial charge in [0.15, 0.2) is 0 Å². The van der Waals surface area contributed by atoms with Crippen molar-refractivity contribution < 1.29 is 17.9 Å². The Balaban J connectivity index is 2.59. The first kappa shape index (κ1) is 18.7. The molecular weight excluding hydrogens is 373 g/mol. The van der Waals surface area contributed by atoms with Crippen molar-refractivity contribution in [1.82, 2.24) is 0 Å². The van der Waals surface area contributed by atoms with E-state index in [9.17, 15) is 8.42 Å². The van der Waals surface area contributed by atoms with E-state index in [1.54, 1.807) is 12.1 Å². The van der Waals surface area contributed by atoms with Crippen LogP contribution < -0.4 is 13.8 Å². The highest BCUT2D eigenvalue weighted by Gasteiger charge is 2.28. The zero-order valence-corrected chi connectivity index (χ0v) is 16.0. The Labute approximate surface area is 151 Å². The Morgan fingerprint density at radius 1 is 0.958 bits per heavy atom. The number of halogens is 2. The fourth-order valence-corrected chi connectivity index (χ4v) is 4.21. The lowest BCUT2D eigenvalue weighted by Crippen LogP contribution is -2.27. The van der Waals surface area contributed by atoms with Crippen LogP contribution in [0.15, 0.2) is 35.2 Å². The van der Waals surface area contributed by atoms with Gasteiger partial charge in [-0.3, -0.25) is 4.31 Å². The molecule has 24 heavy (non-hydrogen) atoms. The van der Waals surface area contributed by atoms with E-state index in [1.165, 1.54) is 33.4 Å². The fraction of sp³-hybridized carbons (Fsp3) is 0.250. The van der Waals surface area contributed by atoms with Gasteiger partial charge in [0.1, 0.15) is 21.4 Å². The number of benzene rings is 2. The molecule has 0 bridgehead atoms. The Bertz CT molecular complexity index is 869. The number of ether oxygens (including phenoxy) is 2. The first-order valence-corrected chi connectivity index (χ1v) is 9.09. The molecule has 0 spiro atoms. The summed E-state index contributed by atoms with van der Waals surface area (Å²) in [7, 11) is 0.398. The number of sulfonamides is 1. The van der Waals surface area contributed by atoms with Crippen LogP contribution in [0.4, 0.5) is 5.69 Å². The van der Waals surface area contributed by atoms with Crippen molar-refractivity contribution in [3.63, 3.8) is 0 Å². The van der Waals surface area contributed by atoms with Gasteiger partial charge >= 0.3 is 0 Å². The van der Waals surface area contributed by atoms with Crippen LogP contribution in [0.5, 0.6) is 11.5 Å². The Morgan fingerprint density at radius 3 is 2.12 bits per heavy atom. The lowest BCUT2D eigenvalue weighted by Gasteiger charge is -2.23. The van der Waals surface area contributed by atoms with Gasteiger partial charge < -0.3 is 9.47 Å². The van der Waals surface area contributed by atoms with Crippen molar-refractivity contribution in [2.45, 2.75) is 11.8 Å². The Kier molecular flexibility index (Phi) is 5.52. The van der Waals surface area contributed by atoms with Gasteiger partial charge in [-0.1, -0.05) is 29.3 Å². The van der Waals surface area contributed by atoms with Crippen molar-refractivity contribution in [2.24, 2.45) is 0 Å². The summed E-state index contributed by atoms with van der Waals surface area (Å²) in [6, 6.07) is 8.08. The monoisotopic (exact) mass is 389 g/mol. The summed E-state index contributed by atoms with van der Waals surface area (Å²) in [6.07, 6.45) is 0. The SMILES string of the molecule is COc1ccc(C)cc1N(C)S(=O)(=O)c1ccc(OC)c(Cl)c1Cl. The summed E-state index contributed by atoms with van der Waals surface area (Å²) in [5, 5.41) is -0.0423. The largest absolute Gasteiger partial charge is 0.495 e. The molecule has 8 heteroatoms. The minimum absolute atomic E-state index is 0.0462. The molecule has 2 aromatic carbocycles. The van der Waals surface area contributed by atoms with Gasteiger partial charge in [-0.25, -0.2) is 8.42 Å². The zero-order valence-electron chi connectivity index (χ0n) is 13.6. The van der Waals surface area contributed by atoms with E-state index in [4.69, 9.17) is 32.7 Å². The van der Waals surface area contributed by atoms with Crippen LogP contribution in [0.1, 0.15) is 5.56 Å². The van der Waals surface area contributed by atoms with E-state index >= 15 is 0 Å². The maximum Gasteiger partial charge on any atom is 0.265 e. The van der Waals surface area contributed by atoms with Gasteiger partial charge in [-0.2, -0.15) is 0 Å². The number of hydrogen-bond donors (Lipinski definition) is 0. The molecule has 0 saturated heterocycles. The summed E-state index contributed by atoms with van der Waals surface area (Å²) >= 11 is 12.2. The van der Waals surface area contributed by atoms with Crippen LogP contribution in [-0.4, -0.2) is 29.7 Å². The van der Waals surface area contributed by atoms with E-state index in [0.29, 0.717) is 17.2 Å². The molecule has 2 rings (SSSR count). The summed E-state index contributed by atoms with van der Waals surface area (Å²) in [4.78, 5) is -0.110. The highest BCUT2D eigenvalue weighted by Crippen LogP contribution is 2.39. The molecular formula is C16H17Cl2NO4S. The summed E-state index contributed by atoms with van der Waals surface area (Å²) < 4.78 is 37.4. The number of methoxy groups -OCH3 is 2. The Hall–Kier alpha value is -1.63. The molecule has 0 atom stereocenters. The molecule has 0 aromatic heterocycles. The van der Waals surface area contributed by atoms with Gasteiger partial charge in [0.2, 0.25) is 0 Å². The second-order valence-corrected chi connectivity index (χ2v) is 7.74. The second-order valence-electron chi connectivity index (χ2n) is 5.04. The quantitative estimate of drug-likeness (QED) is 0.770. The van der Waals surface area contributed by atoms with Crippen molar-refractivity contribution >= 4 is 38.9 Å². The van der Waals surface area contributed by atoms with Crippen LogP contribution in [-0.2, 0) is 10.0 Å². The van der Waals surface area contributed by atoms with Crippen molar-refractivity contribution in [3.05, 3.63) is 45.9 Å². The summed E-state index contributed by atoms with van der Waals surface area (Å²) in [5.41, 5.74) is 1.30. The summed E-state index contributed by atoms with van der Waals surface area (Å²) in [6.45, 7) is 1.86. The normalized spacial score (nSPS) is 11.2. The molecule has 0 aliphatic heterocycles. The topological polar surface area (TPSA) is 55.8 Å². The molecule has 0 saturated carbocycles. The van der Waals surface area contributed by atoms with E-state index in [2.05, 4.69) is 0 Å². The lowest BCUT2D eigenvalue weighted by molar-refractivity contribution is 0.414. The predicted octanol–water partition coefficient (Wildman–Crippen LogP) is 4.14. The van der Waals surface area contributed by atoms with Gasteiger partial charge in [0.05, 0.1) is 24.9 Å². The maximum absolute atomic E-state index is 13.0. The number of hydrogen-bond acceptors (Lipinski definition) is 4. The van der Waals surface area contributed by atoms with Gasteiger partial charge in [0, 0.05) is 7.05 Å². The molecule has 0 unspecified atom stereocenters. The van der Waals surface area contributed by atoms with Crippen LogP contribution in [0.3, 0.4) is 0 Å². The molecule has 130 valence electrons. The van der Waals surface area contributed by atoms with E-state index in [1.807, 2.05) is 13.0 Å². The number of aryl methyl sites for hydroxylation is 1. The minimum Gasteiger partial charge on any atom is -0.495 e. The van der Waals surface area contributed by atoms with Crippen molar-refractivity contribution in [3.8, 4) is 11.5 Å². The highest BCUT2D eigenvalue weighted by atomic mass is 35.5. The van der Waals surface area contributed by atoms with Crippen molar-refractivity contribution in [2.75, 3.05) is 25.6 Å². The molecule has 0 aliphatic carbocycles. The third kappa shape index (κ3) is 3.27. The molecule has 0 radical (unpaired) electrons. The third-order valence-corrected chi connectivity index (χ3v) is 6.33. The molecule has 5 nitrogen and oxygen atoms in total. The fourth-order valence-electron chi connectivity index (χ4n) is 2.19. The first-order valence-electron chi connectivity index (χ1n) is 6.89. The zero-order chi connectivity index (χ0) is 18.1. The summed E-state index contributed by atoms with van der Waals surface area (Å²) in [5.74, 6) is 0.735. The third-order valence-electron chi connectivity index (χ3n) is 3.54. The standard InChI is InChI=1S/C16H17Cl2NO4S/c1-10-5-6-12(22-3)11(9-10)19(2)24(20,21)14-8-7-13(23-4)15(17)16(14)18/h5-9H,1-4H3. The predicted molar refractivity (Wildman–Crippen MR) is 96.3 cm³/mol. The average molecular weight is 390 g/mol. The minimum atomic E-state index is -3.94. The maximum atomic E-state index is 13.0. The van der Waals surface area contributed by atoms with Crippen LogP contribution in [0.25, 0.3) is 0 Å². The number of nitrogens with zero attached hydrogens (tertiary/aromatic N) is 1. The van der Waals surface area contributed by atoms with Crippen LogP contribution in [0, 0.1) is 6.92 Å². The highest BCUT2D eigenvalue weighted by molar-refractivity contribution is 7.93. The molecule has 2 aromatic rings. The van der Waals surface area contributed by atoms with Gasteiger partial charge in [-0.15, -0.1) is 0 Å². The van der Waals surface area contributed by atoms with Crippen LogP contribution >= 0.6 is 23.2 Å². The average Bonchev–Trinajstić information content (AvgIpc) is 2.56. The van der Waals surface area contributed by atoms with Crippen molar-refractivity contribution in [1.29, 1.82) is 0 Å². The Morgan fingerprint density at radius 2 is 1.54 bits per heavy atom. The van der Waals surface area contributed by atoms with Gasteiger partial charge in [0.25, 0.3) is 10.0 Å². The molecule has 0 N–H and O–H groups in total. The molecule has 0 fully saturated rings. The molecule has 0 amide bonds. The van der Waals surface area contributed by atoms with Gasteiger partial charge in [-0.05, 0) is 36.8 Å². The lowest BCUT2D eigenvalue weighted by atomic mass is 10.2. The smallest absolute Gasteiger partial charge is 0.265 e. The number of rotatable bonds is 5. The van der Waals surface area contributed by atoms with Crippen LogP contribution in [0.2, 0.25) is 10.0 Å².